The first kappa shape index (κ1) is 12.5. The van der Waals surface area contributed by atoms with E-state index in [-0.39, 0.29) is 12.6 Å². The van der Waals surface area contributed by atoms with Crippen molar-refractivity contribution in [2.75, 3.05) is 13.7 Å². The van der Waals surface area contributed by atoms with Gasteiger partial charge in [0.25, 0.3) is 0 Å². The van der Waals surface area contributed by atoms with Gasteiger partial charge in [0.1, 0.15) is 5.75 Å². The molecule has 4 nitrogen and oxygen atoms in total. The number of hydrogen-bond acceptors (Lipinski definition) is 3. The maximum absolute atomic E-state index is 11.1. The maximum Gasteiger partial charge on any atom is 0.343 e. The largest absolute Gasteiger partial charge is 0.480 e. The van der Waals surface area contributed by atoms with Gasteiger partial charge in [0.15, 0.2) is 6.61 Å². The molecular weight excluding hydrogens is 230 g/mol. The molecule has 0 aliphatic rings. The lowest BCUT2D eigenvalue weighted by Gasteiger charge is -2.06. The summed E-state index contributed by atoms with van der Waals surface area (Å²) in [6.45, 7) is 4.21. The summed E-state index contributed by atoms with van der Waals surface area (Å²) in [4.78, 5) is 11.1. The van der Waals surface area contributed by atoms with Crippen LogP contribution in [0.25, 0.3) is 5.52 Å². The lowest BCUT2D eigenvalue weighted by atomic mass is 10.1. The van der Waals surface area contributed by atoms with Crippen molar-refractivity contribution >= 4 is 11.5 Å². The van der Waals surface area contributed by atoms with Crippen LogP contribution in [-0.4, -0.2) is 24.1 Å². The van der Waals surface area contributed by atoms with E-state index < -0.39 is 0 Å². The number of aromatic nitrogens is 1. The number of hydrogen-bond donors (Lipinski definition) is 0. The number of rotatable bonds is 4. The molecule has 0 fully saturated rings. The Balaban J connectivity index is 2.30. The average Bonchev–Trinajstić information content (AvgIpc) is 2.80. The molecule has 0 atom stereocenters. The van der Waals surface area contributed by atoms with Crippen molar-refractivity contribution in [2.24, 2.45) is 0 Å². The minimum atomic E-state index is -0.382. The van der Waals surface area contributed by atoms with Gasteiger partial charge in [-0.25, -0.2) is 4.79 Å². The average molecular weight is 247 g/mol. The molecule has 0 unspecified atom stereocenters. The van der Waals surface area contributed by atoms with Crippen molar-refractivity contribution in [3.8, 4) is 5.75 Å². The van der Waals surface area contributed by atoms with Gasteiger partial charge in [-0.3, -0.25) is 0 Å². The highest BCUT2D eigenvalue weighted by atomic mass is 16.6. The van der Waals surface area contributed by atoms with E-state index in [1.54, 1.807) is 0 Å². The fraction of sp³-hybridized carbons (Fsp3) is 0.357. The van der Waals surface area contributed by atoms with Gasteiger partial charge in [0.2, 0.25) is 0 Å². The molecular formula is C14H17NO3. The molecule has 18 heavy (non-hydrogen) atoms. The molecule has 0 saturated carbocycles. The fourth-order valence-corrected chi connectivity index (χ4v) is 1.76. The lowest BCUT2D eigenvalue weighted by Crippen LogP contribution is -2.12. The molecule has 2 aromatic heterocycles. The van der Waals surface area contributed by atoms with Crippen LogP contribution in [0.15, 0.2) is 30.6 Å². The van der Waals surface area contributed by atoms with Crippen molar-refractivity contribution in [1.29, 1.82) is 0 Å². The zero-order valence-electron chi connectivity index (χ0n) is 10.8. The number of ether oxygens (including phenoxy) is 2. The van der Waals surface area contributed by atoms with Crippen LogP contribution in [0.1, 0.15) is 25.3 Å². The van der Waals surface area contributed by atoms with Gasteiger partial charge in [0, 0.05) is 12.4 Å². The third kappa shape index (κ3) is 2.47. The molecule has 2 aromatic rings. The van der Waals surface area contributed by atoms with Gasteiger partial charge in [-0.15, -0.1) is 0 Å². The standard InChI is InChI=1S/C14H17NO3/c1-10(2)11-7-12-13(18-9-14(16)17-3)5-4-6-15(12)8-11/h4-8,10H,9H2,1-3H3. The Bertz CT molecular complexity index is 557. The molecule has 0 bridgehead atoms. The van der Waals surface area contributed by atoms with E-state index in [9.17, 15) is 4.79 Å². The second-order valence-electron chi connectivity index (χ2n) is 4.46. The van der Waals surface area contributed by atoms with Gasteiger partial charge in [-0.05, 0) is 29.7 Å². The van der Waals surface area contributed by atoms with Gasteiger partial charge < -0.3 is 13.9 Å². The normalized spacial score (nSPS) is 10.9. The van der Waals surface area contributed by atoms with Crippen LogP contribution in [-0.2, 0) is 9.53 Å². The topological polar surface area (TPSA) is 39.9 Å². The first-order chi connectivity index (χ1) is 8.61. The summed E-state index contributed by atoms with van der Waals surface area (Å²) >= 11 is 0. The van der Waals surface area contributed by atoms with E-state index in [4.69, 9.17) is 4.74 Å². The smallest absolute Gasteiger partial charge is 0.343 e. The fourth-order valence-electron chi connectivity index (χ4n) is 1.76. The molecule has 0 radical (unpaired) electrons. The number of methoxy groups -OCH3 is 1. The molecule has 2 heterocycles. The Morgan fingerprint density at radius 3 is 2.89 bits per heavy atom. The zero-order chi connectivity index (χ0) is 13.1. The maximum atomic E-state index is 11.1. The number of esters is 1. The lowest BCUT2D eigenvalue weighted by molar-refractivity contribution is -0.142. The zero-order valence-corrected chi connectivity index (χ0v) is 10.8. The molecule has 0 aliphatic carbocycles. The Morgan fingerprint density at radius 1 is 1.44 bits per heavy atom. The van der Waals surface area contributed by atoms with Crippen molar-refractivity contribution in [2.45, 2.75) is 19.8 Å². The Morgan fingerprint density at radius 2 is 2.22 bits per heavy atom. The number of nitrogens with zero attached hydrogens (tertiary/aromatic N) is 1. The van der Waals surface area contributed by atoms with Crippen LogP contribution in [0, 0.1) is 0 Å². The predicted octanol–water partition coefficient (Wildman–Crippen LogP) is 2.61. The molecule has 0 aliphatic heterocycles. The molecule has 4 heteroatoms. The van der Waals surface area contributed by atoms with Crippen LogP contribution in [0.2, 0.25) is 0 Å². The Kier molecular flexibility index (Phi) is 3.55. The summed E-state index contributed by atoms with van der Waals surface area (Å²) in [5, 5.41) is 0. The van der Waals surface area contributed by atoms with E-state index in [1.807, 2.05) is 22.7 Å². The summed E-state index contributed by atoms with van der Waals surface area (Å²) in [6, 6.07) is 5.82. The summed E-state index contributed by atoms with van der Waals surface area (Å²) in [5.74, 6) is 0.765. The van der Waals surface area contributed by atoms with Gasteiger partial charge in [0.05, 0.1) is 12.6 Å². The number of carbonyl (C=O) groups excluding carboxylic acids is 1. The van der Waals surface area contributed by atoms with Crippen LogP contribution in [0.5, 0.6) is 5.75 Å². The van der Waals surface area contributed by atoms with Gasteiger partial charge >= 0.3 is 5.97 Å². The van der Waals surface area contributed by atoms with Gasteiger partial charge in [-0.2, -0.15) is 0 Å². The van der Waals surface area contributed by atoms with Crippen LogP contribution in [0.3, 0.4) is 0 Å². The van der Waals surface area contributed by atoms with E-state index in [0.717, 1.165) is 5.52 Å². The Hall–Kier alpha value is -1.97. The summed E-state index contributed by atoms with van der Waals surface area (Å²) in [5.41, 5.74) is 2.20. The molecule has 0 spiro atoms. The first-order valence-corrected chi connectivity index (χ1v) is 5.92. The highest BCUT2D eigenvalue weighted by Gasteiger charge is 2.09. The summed E-state index contributed by atoms with van der Waals surface area (Å²) < 4.78 is 12.0. The van der Waals surface area contributed by atoms with Crippen molar-refractivity contribution in [1.82, 2.24) is 4.40 Å². The van der Waals surface area contributed by atoms with E-state index in [0.29, 0.717) is 11.7 Å². The van der Waals surface area contributed by atoms with Crippen molar-refractivity contribution in [3.63, 3.8) is 0 Å². The van der Waals surface area contributed by atoms with Crippen LogP contribution in [0.4, 0.5) is 0 Å². The highest BCUT2D eigenvalue weighted by molar-refractivity contribution is 5.72. The molecule has 0 saturated heterocycles. The SMILES string of the molecule is COC(=O)COc1cccn2cc(C(C)C)cc12. The molecule has 96 valence electrons. The number of pyridine rings is 1. The second kappa shape index (κ2) is 5.12. The predicted molar refractivity (Wildman–Crippen MR) is 69.0 cm³/mol. The number of fused-ring (bicyclic) bond motifs is 1. The summed E-state index contributed by atoms with van der Waals surface area (Å²) in [6.07, 6.45) is 4.04. The quantitative estimate of drug-likeness (QED) is 0.780. The molecule has 2 rings (SSSR count). The monoisotopic (exact) mass is 247 g/mol. The van der Waals surface area contributed by atoms with Crippen LogP contribution < -0.4 is 4.74 Å². The van der Waals surface area contributed by atoms with Crippen LogP contribution >= 0.6 is 0 Å². The van der Waals surface area contributed by atoms with E-state index in [2.05, 4.69) is 30.8 Å². The number of carbonyl (C=O) groups is 1. The van der Waals surface area contributed by atoms with E-state index >= 15 is 0 Å². The van der Waals surface area contributed by atoms with Crippen molar-refractivity contribution in [3.05, 3.63) is 36.2 Å². The van der Waals surface area contributed by atoms with Crippen molar-refractivity contribution < 1.29 is 14.3 Å². The third-order valence-corrected chi connectivity index (χ3v) is 2.86. The summed E-state index contributed by atoms with van der Waals surface area (Å²) in [7, 11) is 1.35. The minimum Gasteiger partial charge on any atom is -0.480 e. The highest BCUT2D eigenvalue weighted by Crippen LogP contribution is 2.25. The Labute approximate surface area is 106 Å². The van der Waals surface area contributed by atoms with Gasteiger partial charge in [-0.1, -0.05) is 13.8 Å². The second-order valence-corrected chi connectivity index (χ2v) is 4.46. The minimum absolute atomic E-state index is 0.0711. The first-order valence-electron chi connectivity index (χ1n) is 5.92. The molecule has 0 aromatic carbocycles. The molecule has 0 amide bonds. The van der Waals surface area contributed by atoms with E-state index in [1.165, 1.54) is 12.7 Å². The third-order valence-electron chi connectivity index (χ3n) is 2.86. The molecule has 0 N–H and O–H groups in total.